The van der Waals surface area contributed by atoms with Crippen LogP contribution in [0.4, 0.5) is 4.79 Å². The molecule has 1 saturated heterocycles. The number of piperazine rings is 1. The number of carboxylic acids is 1. The molecular weight excluding hydrogens is 278 g/mol. The maximum absolute atomic E-state index is 12.3. The molecule has 8 nitrogen and oxygen atoms in total. The van der Waals surface area contributed by atoms with Crippen LogP contribution in [-0.2, 0) is 14.3 Å². The first kappa shape index (κ1) is 15.6. The Bertz CT molecular complexity index is 428. The topological polar surface area (TPSA) is 108 Å². The van der Waals surface area contributed by atoms with Crippen molar-refractivity contribution in [3.63, 3.8) is 0 Å². The third-order valence-corrected chi connectivity index (χ3v) is 4.02. The average Bonchev–Trinajstić information content (AvgIpc) is 2.87. The van der Waals surface area contributed by atoms with Gasteiger partial charge in [0.2, 0.25) is 5.91 Å². The van der Waals surface area contributed by atoms with Crippen molar-refractivity contribution in [3.8, 4) is 0 Å². The number of carbonyl (C=O) groups is 3. The number of aliphatic carboxylic acids is 1. The van der Waals surface area contributed by atoms with E-state index in [0.29, 0.717) is 13.1 Å². The van der Waals surface area contributed by atoms with Crippen LogP contribution in [0.5, 0.6) is 0 Å². The van der Waals surface area contributed by atoms with Gasteiger partial charge in [0.25, 0.3) is 0 Å². The number of nitrogens with zero attached hydrogens (tertiary/aromatic N) is 1. The van der Waals surface area contributed by atoms with Crippen LogP contribution in [0.1, 0.15) is 25.7 Å². The summed E-state index contributed by atoms with van der Waals surface area (Å²) in [6.07, 6.45) is 2.28. The molecule has 2 fully saturated rings. The van der Waals surface area contributed by atoms with Crippen molar-refractivity contribution in [3.05, 3.63) is 0 Å². The number of methoxy groups -OCH3 is 1. The van der Waals surface area contributed by atoms with Gasteiger partial charge in [-0.3, -0.25) is 9.59 Å². The van der Waals surface area contributed by atoms with Crippen LogP contribution in [0, 0.1) is 0 Å². The van der Waals surface area contributed by atoms with E-state index < -0.39 is 30.4 Å². The van der Waals surface area contributed by atoms with Crippen LogP contribution in [0.2, 0.25) is 0 Å². The molecule has 1 heterocycles. The normalized spacial score (nSPS) is 29.1. The predicted molar refractivity (Wildman–Crippen MR) is 72.7 cm³/mol. The van der Waals surface area contributed by atoms with Crippen molar-refractivity contribution in [2.75, 3.05) is 20.2 Å². The summed E-state index contributed by atoms with van der Waals surface area (Å²) in [5.74, 6) is -1.53. The van der Waals surface area contributed by atoms with E-state index in [0.717, 1.165) is 19.3 Å². The molecule has 8 heteroatoms. The van der Waals surface area contributed by atoms with Gasteiger partial charge < -0.3 is 25.4 Å². The second-order valence-electron chi connectivity index (χ2n) is 5.36. The van der Waals surface area contributed by atoms with Gasteiger partial charge in [0.05, 0.1) is 18.6 Å². The molecule has 1 saturated carbocycles. The molecule has 3 atom stereocenters. The molecule has 2 aliphatic rings. The molecular formula is C13H21N3O5. The summed E-state index contributed by atoms with van der Waals surface area (Å²) >= 11 is 0. The molecule has 1 aliphatic carbocycles. The molecule has 21 heavy (non-hydrogen) atoms. The number of hydrogen-bond donors (Lipinski definition) is 3. The van der Waals surface area contributed by atoms with E-state index in [1.807, 2.05) is 0 Å². The Balaban J connectivity index is 2.01. The fourth-order valence-corrected chi connectivity index (χ4v) is 2.94. The van der Waals surface area contributed by atoms with E-state index in [-0.39, 0.29) is 12.1 Å². The maximum atomic E-state index is 12.3. The van der Waals surface area contributed by atoms with Crippen LogP contribution >= 0.6 is 0 Å². The largest absolute Gasteiger partial charge is 0.481 e. The van der Waals surface area contributed by atoms with Crippen LogP contribution < -0.4 is 10.6 Å². The highest BCUT2D eigenvalue weighted by atomic mass is 16.5. The number of rotatable bonds is 4. The highest BCUT2D eigenvalue weighted by Crippen LogP contribution is 2.22. The van der Waals surface area contributed by atoms with Gasteiger partial charge in [-0.05, 0) is 19.3 Å². The van der Waals surface area contributed by atoms with Gasteiger partial charge in [0.15, 0.2) is 0 Å². The first-order chi connectivity index (χ1) is 10.0. The van der Waals surface area contributed by atoms with Gasteiger partial charge in [-0.25, -0.2) is 4.79 Å². The first-order valence-corrected chi connectivity index (χ1v) is 7.12. The average molecular weight is 299 g/mol. The third-order valence-electron chi connectivity index (χ3n) is 4.02. The Hall–Kier alpha value is -1.83. The SMILES string of the molecule is COC1CCCC1NC(=O)N1CCNC(=O)C1CC(=O)O. The lowest BCUT2D eigenvalue weighted by Gasteiger charge is -2.35. The number of carboxylic acid groups (broad SMARTS) is 1. The molecule has 0 radical (unpaired) electrons. The Morgan fingerprint density at radius 1 is 1.48 bits per heavy atom. The summed E-state index contributed by atoms with van der Waals surface area (Å²) in [6.45, 7) is 0.640. The van der Waals surface area contributed by atoms with E-state index in [2.05, 4.69) is 10.6 Å². The summed E-state index contributed by atoms with van der Waals surface area (Å²) in [6, 6.07) is -1.44. The van der Waals surface area contributed by atoms with Gasteiger partial charge in [-0.1, -0.05) is 0 Å². The van der Waals surface area contributed by atoms with Gasteiger partial charge in [-0.15, -0.1) is 0 Å². The predicted octanol–water partition coefficient (Wildman–Crippen LogP) is -0.461. The van der Waals surface area contributed by atoms with E-state index in [1.165, 1.54) is 4.90 Å². The first-order valence-electron chi connectivity index (χ1n) is 7.12. The summed E-state index contributed by atoms with van der Waals surface area (Å²) in [5.41, 5.74) is 0. The number of ether oxygens (including phenoxy) is 1. The quantitative estimate of drug-likeness (QED) is 0.651. The van der Waals surface area contributed by atoms with Crippen LogP contribution in [-0.4, -0.2) is 66.3 Å². The third kappa shape index (κ3) is 3.63. The lowest BCUT2D eigenvalue weighted by atomic mass is 10.1. The highest BCUT2D eigenvalue weighted by molar-refractivity contribution is 5.91. The lowest BCUT2D eigenvalue weighted by Crippen LogP contribution is -2.61. The van der Waals surface area contributed by atoms with Gasteiger partial charge >= 0.3 is 12.0 Å². The fraction of sp³-hybridized carbons (Fsp3) is 0.769. The molecule has 0 bridgehead atoms. The zero-order valence-electron chi connectivity index (χ0n) is 12.0. The van der Waals surface area contributed by atoms with E-state index in [9.17, 15) is 14.4 Å². The summed E-state index contributed by atoms with van der Waals surface area (Å²) < 4.78 is 5.32. The van der Waals surface area contributed by atoms with Crippen LogP contribution in [0.3, 0.4) is 0 Å². The maximum Gasteiger partial charge on any atom is 0.318 e. The summed E-state index contributed by atoms with van der Waals surface area (Å²) in [5, 5.41) is 14.3. The minimum Gasteiger partial charge on any atom is -0.481 e. The van der Waals surface area contributed by atoms with E-state index in [4.69, 9.17) is 9.84 Å². The van der Waals surface area contributed by atoms with Gasteiger partial charge in [0, 0.05) is 20.2 Å². The zero-order chi connectivity index (χ0) is 15.4. The van der Waals surface area contributed by atoms with Crippen molar-refractivity contribution in [1.82, 2.24) is 15.5 Å². The smallest absolute Gasteiger partial charge is 0.318 e. The molecule has 0 aromatic carbocycles. The van der Waals surface area contributed by atoms with Crippen LogP contribution in [0.25, 0.3) is 0 Å². The molecule has 0 aromatic rings. The standard InChI is InChI=1S/C13H21N3O5/c1-21-10-4-2-3-8(10)15-13(20)16-6-5-14-12(19)9(16)7-11(17)18/h8-10H,2-7H2,1H3,(H,14,19)(H,15,20)(H,17,18). The molecule has 118 valence electrons. The Morgan fingerprint density at radius 3 is 2.90 bits per heavy atom. The fourth-order valence-electron chi connectivity index (χ4n) is 2.94. The number of nitrogens with one attached hydrogen (secondary N) is 2. The monoisotopic (exact) mass is 299 g/mol. The molecule has 0 spiro atoms. The molecule has 3 amide bonds. The highest BCUT2D eigenvalue weighted by Gasteiger charge is 2.37. The van der Waals surface area contributed by atoms with Gasteiger partial charge in [-0.2, -0.15) is 0 Å². The number of urea groups is 1. The Morgan fingerprint density at radius 2 is 2.24 bits per heavy atom. The molecule has 1 aliphatic heterocycles. The van der Waals surface area contributed by atoms with E-state index >= 15 is 0 Å². The Labute approximate surface area is 122 Å². The van der Waals surface area contributed by atoms with Crippen molar-refractivity contribution in [2.24, 2.45) is 0 Å². The lowest BCUT2D eigenvalue weighted by molar-refractivity contribution is -0.142. The number of hydrogen-bond acceptors (Lipinski definition) is 4. The van der Waals surface area contributed by atoms with Gasteiger partial charge in [0.1, 0.15) is 6.04 Å². The Kier molecular flexibility index (Phi) is 5.00. The van der Waals surface area contributed by atoms with Crippen molar-refractivity contribution in [1.29, 1.82) is 0 Å². The summed E-state index contributed by atoms with van der Waals surface area (Å²) in [7, 11) is 1.61. The molecule has 2 rings (SSSR count). The molecule has 0 aromatic heterocycles. The van der Waals surface area contributed by atoms with Crippen molar-refractivity contribution < 1.29 is 24.2 Å². The number of amides is 3. The minimum atomic E-state index is -1.11. The second-order valence-corrected chi connectivity index (χ2v) is 5.36. The number of carbonyl (C=O) groups excluding carboxylic acids is 2. The van der Waals surface area contributed by atoms with Crippen LogP contribution in [0.15, 0.2) is 0 Å². The zero-order valence-corrected chi connectivity index (χ0v) is 12.0. The molecule has 3 N–H and O–H groups in total. The van der Waals surface area contributed by atoms with E-state index in [1.54, 1.807) is 7.11 Å². The minimum absolute atomic E-state index is 0.0227. The second kappa shape index (κ2) is 6.75. The summed E-state index contributed by atoms with van der Waals surface area (Å²) in [4.78, 5) is 36.3. The van der Waals surface area contributed by atoms with Crippen molar-refractivity contribution in [2.45, 2.75) is 43.9 Å². The van der Waals surface area contributed by atoms with Crippen molar-refractivity contribution >= 4 is 17.9 Å². The molecule has 3 unspecified atom stereocenters.